The summed E-state index contributed by atoms with van der Waals surface area (Å²) in [5, 5.41) is 4.27. The van der Waals surface area contributed by atoms with Crippen LogP contribution >= 0.6 is 23.4 Å². The number of benzene rings is 2. The maximum atomic E-state index is 12.7. The minimum atomic E-state index is -0.182. The number of aromatic nitrogens is 2. The van der Waals surface area contributed by atoms with E-state index in [4.69, 9.17) is 11.6 Å². The lowest BCUT2D eigenvalue weighted by molar-refractivity contribution is -0.113. The third-order valence-corrected chi connectivity index (χ3v) is 5.07. The van der Waals surface area contributed by atoms with Crippen molar-refractivity contribution in [2.75, 3.05) is 11.1 Å². The minimum absolute atomic E-state index is 0.129. The van der Waals surface area contributed by atoms with Crippen LogP contribution in [0.3, 0.4) is 0 Å². The highest BCUT2D eigenvalue weighted by molar-refractivity contribution is 7.99. The average molecular weight is 400 g/mol. The molecule has 0 aliphatic heterocycles. The van der Waals surface area contributed by atoms with Gasteiger partial charge in [-0.1, -0.05) is 47.1 Å². The minimum Gasteiger partial charge on any atom is -0.325 e. The zero-order chi connectivity index (χ0) is 19.4. The first-order valence-corrected chi connectivity index (χ1v) is 9.64. The molecule has 0 bridgehead atoms. The van der Waals surface area contributed by atoms with Gasteiger partial charge in [-0.05, 0) is 37.3 Å². The Bertz CT molecular complexity index is 1060. The van der Waals surface area contributed by atoms with Crippen molar-refractivity contribution in [2.45, 2.75) is 18.6 Å². The molecule has 1 aromatic heterocycles. The average Bonchev–Trinajstić information content (AvgIpc) is 2.64. The first kappa shape index (κ1) is 19.2. The summed E-state index contributed by atoms with van der Waals surface area (Å²) < 4.78 is 1.51. The molecule has 0 aliphatic rings. The molecule has 0 atom stereocenters. The first-order chi connectivity index (χ1) is 13.0. The van der Waals surface area contributed by atoms with Crippen molar-refractivity contribution in [3.8, 4) is 0 Å². The van der Waals surface area contributed by atoms with E-state index in [1.54, 1.807) is 24.3 Å². The number of aryl methyl sites for hydroxylation is 1. The lowest BCUT2D eigenvalue weighted by Gasteiger charge is -2.11. The van der Waals surface area contributed by atoms with Gasteiger partial charge in [0.05, 0.1) is 16.7 Å². The Balaban J connectivity index is 1.83. The molecule has 5 nitrogen and oxygen atoms in total. The number of allylic oxidation sites excluding steroid dienone is 1. The topological polar surface area (TPSA) is 64.0 Å². The Morgan fingerprint density at radius 2 is 2.04 bits per heavy atom. The molecule has 0 unspecified atom stereocenters. The normalized spacial score (nSPS) is 10.7. The Hall–Kier alpha value is -2.57. The van der Waals surface area contributed by atoms with Crippen LogP contribution in [0.5, 0.6) is 0 Å². The molecule has 138 valence electrons. The van der Waals surface area contributed by atoms with Crippen LogP contribution in [0, 0.1) is 6.92 Å². The molecule has 0 radical (unpaired) electrons. The summed E-state index contributed by atoms with van der Waals surface area (Å²) in [5.41, 5.74) is 2.18. The Morgan fingerprint density at radius 3 is 2.74 bits per heavy atom. The number of hydrogen-bond acceptors (Lipinski definition) is 4. The zero-order valence-corrected chi connectivity index (χ0v) is 16.3. The molecule has 1 amide bonds. The van der Waals surface area contributed by atoms with Gasteiger partial charge in [0, 0.05) is 17.3 Å². The Kier molecular flexibility index (Phi) is 5.98. The molecule has 27 heavy (non-hydrogen) atoms. The number of hydrogen-bond donors (Lipinski definition) is 1. The molecule has 3 rings (SSSR count). The smallest absolute Gasteiger partial charge is 0.262 e. The maximum Gasteiger partial charge on any atom is 0.262 e. The van der Waals surface area contributed by atoms with Crippen LogP contribution in [-0.2, 0) is 11.3 Å². The van der Waals surface area contributed by atoms with Gasteiger partial charge in [0.2, 0.25) is 5.91 Å². The third kappa shape index (κ3) is 4.59. The highest BCUT2D eigenvalue weighted by atomic mass is 35.5. The van der Waals surface area contributed by atoms with Crippen molar-refractivity contribution in [2.24, 2.45) is 0 Å². The van der Waals surface area contributed by atoms with Gasteiger partial charge in [-0.2, -0.15) is 0 Å². The van der Waals surface area contributed by atoms with Gasteiger partial charge in [-0.3, -0.25) is 14.2 Å². The molecular formula is C20H18ClN3O2S. The number of nitrogens with zero attached hydrogens (tertiary/aromatic N) is 2. The summed E-state index contributed by atoms with van der Waals surface area (Å²) in [6.45, 7) is 5.99. The van der Waals surface area contributed by atoms with Crippen LogP contribution in [-0.4, -0.2) is 21.2 Å². The number of amides is 1. The van der Waals surface area contributed by atoms with Gasteiger partial charge in [-0.15, -0.1) is 6.58 Å². The van der Waals surface area contributed by atoms with Crippen molar-refractivity contribution in [1.82, 2.24) is 9.55 Å². The lowest BCUT2D eigenvalue weighted by Crippen LogP contribution is -2.23. The number of halogens is 1. The van der Waals surface area contributed by atoms with Gasteiger partial charge < -0.3 is 5.32 Å². The highest BCUT2D eigenvalue weighted by Gasteiger charge is 2.13. The zero-order valence-electron chi connectivity index (χ0n) is 14.7. The Morgan fingerprint density at radius 1 is 1.30 bits per heavy atom. The van der Waals surface area contributed by atoms with E-state index in [0.717, 1.165) is 11.3 Å². The van der Waals surface area contributed by atoms with Gasteiger partial charge in [0.25, 0.3) is 5.56 Å². The molecule has 0 saturated carbocycles. The summed E-state index contributed by atoms with van der Waals surface area (Å²) in [6, 6.07) is 12.5. The second kappa shape index (κ2) is 8.41. The summed E-state index contributed by atoms with van der Waals surface area (Å²) in [5.74, 6) is -0.0433. The van der Waals surface area contributed by atoms with E-state index >= 15 is 0 Å². The number of rotatable bonds is 6. The predicted octanol–water partition coefficient (Wildman–Crippen LogP) is 4.28. The number of nitrogens with one attached hydrogen (secondary N) is 1. The SMILES string of the molecule is C=CCn1c(SCC(=O)Nc2ccc(C)cc2)nc2cc(Cl)ccc2c1=O. The number of anilines is 1. The van der Waals surface area contributed by atoms with Gasteiger partial charge in [0.15, 0.2) is 5.16 Å². The molecule has 0 saturated heterocycles. The molecule has 7 heteroatoms. The van der Waals surface area contributed by atoms with E-state index in [0.29, 0.717) is 27.6 Å². The maximum absolute atomic E-state index is 12.7. The van der Waals surface area contributed by atoms with Crippen LogP contribution < -0.4 is 10.9 Å². The molecular weight excluding hydrogens is 382 g/mol. The second-order valence-electron chi connectivity index (χ2n) is 5.96. The fraction of sp³-hybridized carbons (Fsp3) is 0.150. The number of thioether (sulfide) groups is 1. The van der Waals surface area contributed by atoms with Gasteiger partial charge in [-0.25, -0.2) is 4.98 Å². The fourth-order valence-electron chi connectivity index (χ4n) is 2.54. The molecule has 1 N–H and O–H groups in total. The summed E-state index contributed by atoms with van der Waals surface area (Å²) in [4.78, 5) is 29.5. The van der Waals surface area contributed by atoms with E-state index in [9.17, 15) is 9.59 Å². The van der Waals surface area contributed by atoms with Crippen molar-refractivity contribution in [3.05, 3.63) is 76.1 Å². The number of carbonyl (C=O) groups is 1. The van der Waals surface area contributed by atoms with Crippen molar-refractivity contribution < 1.29 is 4.79 Å². The summed E-state index contributed by atoms with van der Waals surface area (Å²) in [7, 11) is 0. The first-order valence-electron chi connectivity index (χ1n) is 8.28. The van der Waals surface area contributed by atoms with E-state index in [1.807, 2.05) is 31.2 Å². The quantitative estimate of drug-likeness (QED) is 0.382. The van der Waals surface area contributed by atoms with E-state index in [2.05, 4.69) is 16.9 Å². The standard InChI is InChI=1S/C20H18ClN3O2S/c1-3-10-24-19(26)16-9-6-14(21)11-17(16)23-20(24)27-12-18(25)22-15-7-4-13(2)5-8-15/h3-9,11H,1,10,12H2,2H3,(H,22,25). The number of fused-ring (bicyclic) bond motifs is 1. The van der Waals surface area contributed by atoms with Crippen LogP contribution in [0.4, 0.5) is 5.69 Å². The van der Waals surface area contributed by atoms with Crippen LogP contribution in [0.25, 0.3) is 10.9 Å². The fourth-order valence-corrected chi connectivity index (χ4v) is 3.51. The van der Waals surface area contributed by atoms with Crippen LogP contribution in [0.15, 0.2) is 65.1 Å². The third-order valence-electron chi connectivity index (χ3n) is 3.86. The Labute approximate surface area is 166 Å². The van der Waals surface area contributed by atoms with Gasteiger partial charge >= 0.3 is 0 Å². The van der Waals surface area contributed by atoms with Gasteiger partial charge in [0.1, 0.15) is 0 Å². The summed E-state index contributed by atoms with van der Waals surface area (Å²) in [6.07, 6.45) is 1.63. The highest BCUT2D eigenvalue weighted by Crippen LogP contribution is 2.21. The van der Waals surface area contributed by atoms with Crippen molar-refractivity contribution >= 4 is 45.9 Å². The molecule has 0 aliphatic carbocycles. The van der Waals surface area contributed by atoms with E-state index in [1.165, 1.54) is 16.3 Å². The molecule has 0 spiro atoms. The molecule has 2 aromatic carbocycles. The van der Waals surface area contributed by atoms with E-state index < -0.39 is 0 Å². The summed E-state index contributed by atoms with van der Waals surface area (Å²) >= 11 is 7.22. The number of carbonyl (C=O) groups excluding carboxylic acids is 1. The second-order valence-corrected chi connectivity index (χ2v) is 7.34. The van der Waals surface area contributed by atoms with Crippen molar-refractivity contribution in [1.29, 1.82) is 0 Å². The van der Waals surface area contributed by atoms with E-state index in [-0.39, 0.29) is 17.2 Å². The molecule has 0 fully saturated rings. The van der Waals surface area contributed by atoms with Crippen molar-refractivity contribution in [3.63, 3.8) is 0 Å². The monoisotopic (exact) mass is 399 g/mol. The largest absolute Gasteiger partial charge is 0.325 e. The molecule has 3 aromatic rings. The lowest BCUT2D eigenvalue weighted by atomic mass is 10.2. The predicted molar refractivity (Wildman–Crippen MR) is 112 cm³/mol. The molecule has 1 heterocycles. The van der Waals surface area contributed by atoms with Crippen LogP contribution in [0.2, 0.25) is 5.02 Å². The van der Waals surface area contributed by atoms with Crippen LogP contribution in [0.1, 0.15) is 5.56 Å².